The van der Waals surface area contributed by atoms with Gasteiger partial charge in [-0.3, -0.25) is 19.2 Å². The molecule has 2 amide bonds. The summed E-state index contributed by atoms with van der Waals surface area (Å²) in [5, 5.41) is 4.69. The first-order valence-corrected chi connectivity index (χ1v) is 10.9. The first kappa shape index (κ1) is 26.3. The number of esters is 1. The lowest BCUT2D eigenvalue weighted by Gasteiger charge is -2.20. The number of aromatic nitrogens is 1. The van der Waals surface area contributed by atoms with Gasteiger partial charge in [0.25, 0.3) is 0 Å². The van der Waals surface area contributed by atoms with Crippen molar-refractivity contribution >= 4 is 57.3 Å². The molecule has 2 atom stereocenters. The number of hydrogen-bond donors (Lipinski definition) is 2. The molecule has 0 aliphatic heterocycles. The molecule has 1 aromatic carbocycles. The molecule has 0 aliphatic rings. The molecule has 2 rings (SSSR count). The van der Waals surface area contributed by atoms with Crippen molar-refractivity contribution in [2.75, 3.05) is 17.2 Å². The molecule has 178 valence electrons. The van der Waals surface area contributed by atoms with Gasteiger partial charge in [0, 0.05) is 17.1 Å². The number of nitrogens with zero attached hydrogens (tertiary/aromatic N) is 1. The van der Waals surface area contributed by atoms with Crippen molar-refractivity contribution in [3.8, 4) is 0 Å². The van der Waals surface area contributed by atoms with E-state index >= 15 is 0 Å². The fourth-order valence-electron chi connectivity index (χ4n) is 2.69. The number of rotatable bonds is 9. The largest absolute Gasteiger partial charge is 0.465 e. The van der Waals surface area contributed by atoms with Crippen molar-refractivity contribution in [3.63, 3.8) is 0 Å². The zero-order valence-electron chi connectivity index (χ0n) is 17.4. The Morgan fingerprint density at radius 3 is 2.39 bits per heavy atom. The third-order valence-electron chi connectivity index (χ3n) is 4.24. The van der Waals surface area contributed by atoms with Crippen LogP contribution in [0.1, 0.15) is 36.2 Å². The minimum absolute atomic E-state index is 0.0626. The summed E-state index contributed by atoms with van der Waals surface area (Å²) in [7, 11) is 0. The van der Waals surface area contributed by atoms with E-state index in [1.54, 1.807) is 6.92 Å². The first-order chi connectivity index (χ1) is 15.5. The lowest BCUT2D eigenvalue weighted by Crippen LogP contribution is -2.38. The van der Waals surface area contributed by atoms with Crippen LogP contribution in [0.25, 0.3) is 0 Å². The van der Waals surface area contributed by atoms with Crippen LogP contribution in [0.3, 0.4) is 0 Å². The van der Waals surface area contributed by atoms with Crippen LogP contribution in [-0.4, -0.2) is 40.5 Å². The third-order valence-corrected chi connectivity index (χ3v) is 5.43. The second-order valence-corrected chi connectivity index (χ2v) is 7.89. The SMILES string of the molecule is CCOC(=O)C(C(=O)Nc1nccs1)C(=O)c1cccc(C(F)(F)F)c1NC(=O)C(Cl)CC. The number of para-hydroxylation sites is 1. The van der Waals surface area contributed by atoms with Crippen LogP contribution in [0.15, 0.2) is 29.8 Å². The van der Waals surface area contributed by atoms with Crippen LogP contribution in [0.2, 0.25) is 0 Å². The van der Waals surface area contributed by atoms with Gasteiger partial charge in [-0.1, -0.05) is 13.0 Å². The highest BCUT2D eigenvalue weighted by molar-refractivity contribution is 7.13. The number of nitrogens with one attached hydrogen (secondary N) is 2. The normalized spacial score (nSPS) is 13.0. The highest BCUT2D eigenvalue weighted by atomic mass is 35.5. The minimum Gasteiger partial charge on any atom is -0.465 e. The molecule has 13 heteroatoms. The summed E-state index contributed by atoms with van der Waals surface area (Å²) in [6, 6.07) is 2.53. The molecule has 0 spiro atoms. The van der Waals surface area contributed by atoms with Gasteiger partial charge in [-0.15, -0.1) is 22.9 Å². The summed E-state index contributed by atoms with van der Waals surface area (Å²) < 4.78 is 45.7. The van der Waals surface area contributed by atoms with E-state index in [1.165, 1.54) is 18.5 Å². The number of anilines is 2. The number of hydrogen-bond acceptors (Lipinski definition) is 7. The van der Waals surface area contributed by atoms with Crippen molar-refractivity contribution in [2.45, 2.75) is 31.8 Å². The van der Waals surface area contributed by atoms with Gasteiger partial charge < -0.3 is 15.4 Å². The van der Waals surface area contributed by atoms with Gasteiger partial charge in [-0.2, -0.15) is 13.2 Å². The molecule has 0 fully saturated rings. The topological polar surface area (TPSA) is 114 Å². The second-order valence-electron chi connectivity index (χ2n) is 6.47. The van der Waals surface area contributed by atoms with Gasteiger partial charge in [0.2, 0.25) is 11.8 Å². The molecule has 2 aromatic rings. The van der Waals surface area contributed by atoms with Crippen LogP contribution in [0, 0.1) is 5.92 Å². The molecular formula is C20H19ClF3N3O5S. The van der Waals surface area contributed by atoms with Gasteiger partial charge in [-0.05, 0) is 25.5 Å². The third kappa shape index (κ3) is 6.51. The van der Waals surface area contributed by atoms with E-state index in [0.717, 1.165) is 23.5 Å². The average molecular weight is 506 g/mol. The molecule has 2 unspecified atom stereocenters. The van der Waals surface area contributed by atoms with Gasteiger partial charge in [0.15, 0.2) is 16.8 Å². The maximum Gasteiger partial charge on any atom is 0.418 e. The van der Waals surface area contributed by atoms with Crippen molar-refractivity contribution in [3.05, 3.63) is 40.9 Å². The number of thiazole rings is 1. The summed E-state index contributed by atoms with van der Waals surface area (Å²) >= 11 is 6.82. The molecule has 0 aliphatic carbocycles. The Morgan fingerprint density at radius 2 is 1.85 bits per heavy atom. The van der Waals surface area contributed by atoms with Gasteiger partial charge >= 0.3 is 12.1 Å². The quantitative estimate of drug-likeness (QED) is 0.229. The van der Waals surface area contributed by atoms with Gasteiger partial charge in [0.05, 0.1) is 17.9 Å². The number of amides is 2. The Morgan fingerprint density at radius 1 is 1.15 bits per heavy atom. The maximum absolute atomic E-state index is 13.6. The predicted octanol–water partition coefficient (Wildman–Crippen LogP) is 4.12. The maximum atomic E-state index is 13.6. The molecule has 0 saturated heterocycles. The zero-order valence-corrected chi connectivity index (χ0v) is 18.9. The molecular weight excluding hydrogens is 487 g/mol. The van der Waals surface area contributed by atoms with Crippen molar-refractivity contribution < 1.29 is 37.1 Å². The second kappa shape index (κ2) is 11.2. The zero-order chi connectivity index (χ0) is 24.8. The number of ether oxygens (including phenoxy) is 1. The standard InChI is InChI=1S/C20H19ClF3N3O5S/c1-3-12(21)16(29)26-14-10(6-5-7-11(14)20(22,23)24)15(28)13(18(31)32-4-2)17(30)27-19-25-8-9-33-19/h5-9,12-13H,3-4H2,1-2H3,(H,26,29)(H,25,27,30). The predicted molar refractivity (Wildman–Crippen MR) is 115 cm³/mol. The smallest absolute Gasteiger partial charge is 0.418 e. The van der Waals surface area contributed by atoms with E-state index in [-0.39, 0.29) is 18.2 Å². The van der Waals surface area contributed by atoms with Gasteiger partial charge in [0.1, 0.15) is 5.38 Å². The summed E-state index contributed by atoms with van der Waals surface area (Å²) in [6.07, 6.45) is -3.50. The molecule has 2 N–H and O–H groups in total. The Hall–Kier alpha value is -2.99. The minimum atomic E-state index is -4.96. The summed E-state index contributed by atoms with van der Waals surface area (Å²) in [5.41, 5.74) is -2.95. The highest BCUT2D eigenvalue weighted by Crippen LogP contribution is 2.38. The Bertz CT molecular complexity index is 1030. The summed E-state index contributed by atoms with van der Waals surface area (Å²) in [5.74, 6) is -6.84. The van der Waals surface area contributed by atoms with Gasteiger partial charge in [-0.25, -0.2) is 4.98 Å². The molecule has 1 aromatic heterocycles. The van der Waals surface area contributed by atoms with E-state index in [9.17, 15) is 32.3 Å². The molecule has 1 heterocycles. The van der Waals surface area contributed by atoms with E-state index in [2.05, 4.69) is 10.3 Å². The fraction of sp³-hybridized carbons (Fsp3) is 0.350. The van der Waals surface area contributed by atoms with E-state index in [1.807, 2.05) is 5.32 Å². The lowest BCUT2D eigenvalue weighted by molar-refractivity contribution is -0.148. The van der Waals surface area contributed by atoms with Crippen LogP contribution in [0.4, 0.5) is 24.0 Å². The van der Waals surface area contributed by atoms with Crippen LogP contribution < -0.4 is 10.6 Å². The monoisotopic (exact) mass is 505 g/mol. The Balaban J connectivity index is 2.57. The Kier molecular flexibility index (Phi) is 8.94. The fourth-order valence-corrected chi connectivity index (χ4v) is 3.28. The number of benzene rings is 1. The molecule has 0 radical (unpaired) electrons. The number of carbonyl (C=O) groups excluding carboxylic acids is 4. The molecule has 33 heavy (non-hydrogen) atoms. The van der Waals surface area contributed by atoms with Crippen molar-refractivity contribution in [1.82, 2.24) is 4.98 Å². The number of carbonyl (C=O) groups is 4. The molecule has 0 saturated carbocycles. The van der Waals surface area contributed by atoms with Crippen molar-refractivity contribution in [2.24, 2.45) is 5.92 Å². The molecule has 0 bridgehead atoms. The number of Topliss-reactive ketones (excluding diaryl/α,β-unsaturated/α-hetero) is 1. The number of ketones is 1. The van der Waals surface area contributed by atoms with E-state index in [4.69, 9.17) is 16.3 Å². The number of halogens is 4. The van der Waals surface area contributed by atoms with E-state index in [0.29, 0.717) is 6.07 Å². The first-order valence-electron chi connectivity index (χ1n) is 9.57. The highest BCUT2D eigenvalue weighted by Gasteiger charge is 2.41. The van der Waals surface area contributed by atoms with E-state index < -0.39 is 57.9 Å². The number of alkyl halides is 4. The van der Waals surface area contributed by atoms with Crippen molar-refractivity contribution in [1.29, 1.82) is 0 Å². The summed E-state index contributed by atoms with van der Waals surface area (Å²) in [4.78, 5) is 54.4. The van der Waals surface area contributed by atoms with Crippen LogP contribution >= 0.6 is 22.9 Å². The Labute approximate surface area is 195 Å². The lowest BCUT2D eigenvalue weighted by atomic mass is 9.93. The average Bonchev–Trinajstić information content (AvgIpc) is 3.25. The van der Waals surface area contributed by atoms with Crippen LogP contribution in [-0.2, 0) is 25.3 Å². The molecule has 8 nitrogen and oxygen atoms in total. The summed E-state index contributed by atoms with van der Waals surface area (Å²) in [6.45, 7) is 2.78. The van der Waals surface area contributed by atoms with Crippen LogP contribution in [0.5, 0.6) is 0 Å².